The van der Waals surface area contributed by atoms with Crippen LogP contribution in [0.25, 0.3) is 0 Å². The van der Waals surface area contributed by atoms with Crippen molar-refractivity contribution in [2.75, 3.05) is 13.2 Å². The Bertz CT molecular complexity index is 922. The molecule has 0 saturated heterocycles. The maximum absolute atomic E-state index is 12.7. The van der Waals surface area contributed by atoms with Crippen molar-refractivity contribution in [1.29, 1.82) is 0 Å². The van der Waals surface area contributed by atoms with Gasteiger partial charge in [0.2, 0.25) is 0 Å². The average molecular weight is 759 g/mol. The number of unbranched alkanes of at least 4 members (excludes halogenated alkanes) is 24. The van der Waals surface area contributed by atoms with E-state index in [4.69, 9.17) is 14.2 Å². The van der Waals surface area contributed by atoms with Crippen LogP contribution in [0, 0.1) is 0 Å². The third-order valence-corrected chi connectivity index (χ3v) is 9.88. The van der Waals surface area contributed by atoms with Crippen molar-refractivity contribution in [1.82, 2.24) is 0 Å². The molecule has 0 aliphatic heterocycles. The monoisotopic (exact) mass is 759 g/mol. The number of carbonyl (C=O) groups is 3. The van der Waals surface area contributed by atoms with Gasteiger partial charge in [-0.15, -0.1) is 0 Å². The standard InChI is InChI=1S/C48H86O6/c1-4-7-10-13-16-19-22-23-24-27-29-32-35-38-41-47(50)53-44-45(54-48(51)42-39-36-33-30-26-21-18-15-12-9-6-3)43-52-46(49)40-37-34-31-28-25-20-17-14-11-8-5-2/h7,10,15-16,18-19,45H,4-6,8-9,11-14,17,20-44H2,1-3H3/b10-7-,18-15-,19-16-. The topological polar surface area (TPSA) is 78.9 Å². The first-order chi connectivity index (χ1) is 26.5. The van der Waals surface area contributed by atoms with Gasteiger partial charge in [0.1, 0.15) is 13.2 Å². The van der Waals surface area contributed by atoms with Gasteiger partial charge in [0.25, 0.3) is 0 Å². The van der Waals surface area contributed by atoms with E-state index in [1.807, 2.05) is 0 Å². The molecule has 6 nitrogen and oxygen atoms in total. The molecule has 0 bridgehead atoms. The zero-order chi connectivity index (χ0) is 39.4. The van der Waals surface area contributed by atoms with Crippen LogP contribution < -0.4 is 0 Å². The highest BCUT2D eigenvalue weighted by Gasteiger charge is 2.19. The summed E-state index contributed by atoms with van der Waals surface area (Å²) in [6.07, 6.45) is 48.4. The number of rotatable bonds is 41. The van der Waals surface area contributed by atoms with Gasteiger partial charge >= 0.3 is 17.9 Å². The second-order valence-electron chi connectivity index (χ2n) is 15.3. The van der Waals surface area contributed by atoms with Gasteiger partial charge in [0, 0.05) is 19.3 Å². The van der Waals surface area contributed by atoms with Gasteiger partial charge in [0.05, 0.1) is 0 Å². The van der Waals surface area contributed by atoms with Gasteiger partial charge in [-0.05, 0) is 64.2 Å². The molecule has 1 atom stereocenters. The van der Waals surface area contributed by atoms with Crippen LogP contribution in [0.15, 0.2) is 36.5 Å². The molecule has 0 aliphatic carbocycles. The van der Waals surface area contributed by atoms with Crippen molar-refractivity contribution in [2.45, 2.75) is 239 Å². The molecule has 0 rings (SSSR count). The van der Waals surface area contributed by atoms with Gasteiger partial charge in [0.15, 0.2) is 6.10 Å². The predicted octanol–water partition coefficient (Wildman–Crippen LogP) is 14.6. The Morgan fingerprint density at radius 1 is 0.389 bits per heavy atom. The molecule has 0 aromatic rings. The van der Waals surface area contributed by atoms with Crippen molar-refractivity contribution in [3.63, 3.8) is 0 Å². The second kappa shape index (κ2) is 43.4. The van der Waals surface area contributed by atoms with E-state index < -0.39 is 6.10 Å². The fourth-order valence-electron chi connectivity index (χ4n) is 6.40. The number of esters is 3. The zero-order valence-corrected chi connectivity index (χ0v) is 35.7. The highest BCUT2D eigenvalue weighted by atomic mass is 16.6. The summed E-state index contributed by atoms with van der Waals surface area (Å²) in [7, 11) is 0. The van der Waals surface area contributed by atoms with Crippen molar-refractivity contribution in [2.24, 2.45) is 0 Å². The molecule has 0 aliphatic rings. The van der Waals surface area contributed by atoms with Crippen molar-refractivity contribution >= 4 is 17.9 Å². The third kappa shape index (κ3) is 40.8. The predicted molar refractivity (Wildman–Crippen MR) is 229 cm³/mol. The molecule has 1 unspecified atom stereocenters. The molecule has 0 fully saturated rings. The summed E-state index contributed by atoms with van der Waals surface area (Å²) in [6, 6.07) is 0. The van der Waals surface area contributed by atoms with Crippen LogP contribution >= 0.6 is 0 Å². The molecule has 0 aromatic heterocycles. The van der Waals surface area contributed by atoms with Crippen LogP contribution in [0.2, 0.25) is 0 Å². The largest absolute Gasteiger partial charge is 0.462 e. The molecule has 0 heterocycles. The first-order valence-electron chi connectivity index (χ1n) is 23.0. The van der Waals surface area contributed by atoms with E-state index in [0.717, 1.165) is 89.9 Å². The number of allylic oxidation sites excluding steroid dienone is 6. The fourth-order valence-corrected chi connectivity index (χ4v) is 6.40. The first kappa shape index (κ1) is 51.6. The van der Waals surface area contributed by atoms with E-state index in [9.17, 15) is 14.4 Å². The Labute approximate surface area is 334 Å². The molecular weight excluding hydrogens is 673 g/mol. The van der Waals surface area contributed by atoms with Gasteiger partial charge in [-0.2, -0.15) is 0 Å². The molecule has 0 saturated carbocycles. The van der Waals surface area contributed by atoms with Gasteiger partial charge in [-0.1, -0.05) is 186 Å². The van der Waals surface area contributed by atoms with Gasteiger partial charge in [-0.25, -0.2) is 0 Å². The van der Waals surface area contributed by atoms with Crippen molar-refractivity contribution in [3.05, 3.63) is 36.5 Å². The Morgan fingerprint density at radius 2 is 0.741 bits per heavy atom. The van der Waals surface area contributed by atoms with Crippen LogP contribution in [-0.2, 0) is 28.6 Å². The number of carbonyl (C=O) groups excluding carboxylic acids is 3. The first-order valence-corrected chi connectivity index (χ1v) is 23.0. The highest BCUT2D eigenvalue weighted by molar-refractivity contribution is 5.71. The van der Waals surface area contributed by atoms with E-state index in [-0.39, 0.29) is 31.1 Å². The lowest BCUT2D eigenvalue weighted by molar-refractivity contribution is -0.167. The lowest BCUT2D eigenvalue weighted by Gasteiger charge is -2.18. The molecule has 0 spiro atoms. The minimum Gasteiger partial charge on any atom is -0.462 e. The Morgan fingerprint density at radius 3 is 1.19 bits per heavy atom. The van der Waals surface area contributed by atoms with Crippen LogP contribution in [-0.4, -0.2) is 37.2 Å². The zero-order valence-electron chi connectivity index (χ0n) is 35.7. The quantitative estimate of drug-likeness (QED) is 0.0267. The summed E-state index contributed by atoms with van der Waals surface area (Å²) in [4.78, 5) is 37.7. The maximum Gasteiger partial charge on any atom is 0.306 e. The van der Waals surface area contributed by atoms with E-state index in [1.54, 1.807) is 0 Å². The van der Waals surface area contributed by atoms with Crippen LogP contribution in [0.4, 0.5) is 0 Å². The Hall–Kier alpha value is -2.37. The number of hydrogen-bond donors (Lipinski definition) is 0. The molecular formula is C48H86O6. The van der Waals surface area contributed by atoms with Crippen molar-refractivity contribution < 1.29 is 28.6 Å². The van der Waals surface area contributed by atoms with E-state index in [0.29, 0.717) is 19.3 Å². The molecule has 0 radical (unpaired) electrons. The summed E-state index contributed by atoms with van der Waals surface area (Å²) in [6.45, 7) is 6.47. The normalized spacial score (nSPS) is 12.3. The lowest BCUT2D eigenvalue weighted by atomic mass is 10.1. The summed E-state index contributed by atoms with van der Waals surface area (Å²) < 4.78 is 16.7. The highest BCUT2D eigenvalue weighted by Crippen LogP contribution is 2.14. The third-order valence-electron chi connectivity index (χ3n) is 9.88. The number of hydrogen-bond acceptors (Lipinski definition) is 6. The second-order valence-corrected chi connectivity index (χ2v) is 15.3. The Kier molecular flexibility index (Phi) is 41.5. The summed E-state index contributed by atoms with van der Waals surface area (Å²) in [5, 5.41) is 0. The van der Waals surface area contributed by atoms with E-state index in [2.05, 4.69) is 57.2 Å². The molecule has 314 valence electrons. The van der Waals surface area contributed by atoms with Crippen LogP contribution in [0.5, 0.6) is 0 Å². The summed E-state index contributed by atoms with van der Waals surface area (Å²) in [5.74, 6) is -0.893. The summed E-state index contributed by atoms with van der Waals surface area (Å²) in [5.41, 5.74) is 0. The van der Waals surface area contributed by atoms with E-state index in [1.165, 1.54) is 103 Å². The minimum absolute atomic E-state index is 0.0760. The van der Waals surface area contributed by atoms with E-state index >= 15 is 0 Å². The summed E-state index contributed by atoms with van der Waals surface area (Å²) >= 11 is 0. The molecule has 0 amide bonds. The van der Waals surface area contributed by atoms with Gasteiger partial charge in [-0.3, -0.25) is 14.4 Å². The smallest absolute Gasteiger partial charge is 0.306 e. The Balaban J connectivity index is 4.36. The molecule has 0 N–H and O–H groups in total. The lowest BCUT2D eigenvalue weighted by Crippen LogP contribution is -2.30. The SMILES string of the molecule is CC/C=C\C/C=C\CCCCCCCCCC(=O)OCC(COC(=O)CCCCCCCCCCCCC)OC(=O)CCCCCCC/C=C\CCCC. The minimum atomic E-state index is -0.773. The fraction of sp³-hybridized carbons (Fsp3) is 0.812. The van der Waals surface area contributed by atoms with Crippen molar-refractivity contribution in [3.8, 4) is 0 Å². The molecule has 6 heteroatoms. The van der Waals surface area contributed by atoms with Crippen LogP contribution in [0.3, 0.4) is 0 Å². The number of ether oxygens (including phenoxy) is 3. The maximum atomic E-state index is 12.7. The van der Waals surface area contributed by atoms with Crippen LogP contribution in [0.1, 0.15) is 233 Å². The average Bonchev–Trinajstić information content (AvgIpc) is 3.17. The molecule has 0 aromatic carbocycles. The van der Waals surface area contributed by atoms with Gasteiger partial charge < -0.3 is 14.2 Å². The molecule has 54 heavy (non-hydrogen) atoms.